The van der Waals surface area contributed by atoms with Crippen LogP contribution in [0.25, 0.3) is 32.9 Å². The lowest BCUT2D eigenvalue weighted by molar-refractivity contribution is -0.130. The van der Waals surface area contributed by atoms with Crippen molar-refractivity contribution in [2.75, 3.05) is 0 Å². The third-order valence-corrected chi connectivity index (χ3v) is 9.29. The number of aliphatic carboxylic acids is 1. The smallest absolute Gasteiger partial charge is 0.336 e. The van der Waals surface area contributed by atoms with Crippen LogP contribution < -0.4 is 14.2 Å². The summed E-state index contributed by atoms with van der Waals surface area (Å²) in [7, 11) is 0. The van der Waals surface area contributed by atoms with Gasteiger partial charge in [0, 0.05) is 33.6 Å². The van der Waals surface area contributed by atoms with E-state index in [4.69, 9.17) is 25.8 Å². The second-order valence-electron chi connectivity index (χ2n) is 11.4. The predicted octanol–water partition coefficient (Wildman–Crippen LogP) is 11.2. The predicted molar refractivity (Wildman–Crippen MR) is 200 cm³/mol. The van der Waals surface area contributed by atoms with E-state index in [0.29, 0.717) is 51.7 Å². The fourth-order valence-electron chi connectivity index (χ4n) is 5.40. The summed E-state index contributed by atoms with van der Waals surface area (Å²) in [6, 6.07) is 42.6. The number of nitrogens with zero attached hydrogens (tertiary/aromatic N) is 1. The van der Waals surface area contributed by atoms with Crippen LogP contribution in [0.15, 0.2) is 146 Å². The van der Waals surface area contributed by atoms with Crippen LogP contribution in [-0.2, 0) is 18.0 Å². The van der Waals surface area contributed by atoms with Crippen molar-refractivity contribution in [3.8, 4) is 34.1 Å². The molecule has 0 aliphatic heterocycles. The monoisotopic (exact) mass is 695 g/mol. The summed E-state index contributed by atoms with van der Waals surface area (Å²) in [5.74, 6) is 1.06. The summed E-state index contributed by atoms with van der Waals surface area (Å²) in [5, 5.41) is 11.5. The fourth-order valence-corrected chi connectivity index (χ4v) is 6.61. The van der Waals surface area contributed by atoms with Gasteiger partial charge in [-0.1, -0.05) is 96.5 Å². The van der Waals surface area contributed by atoms with Crippen LogP contribution in [0.4, 0.5) is 0 Å². The molecule has 50 heavy (non-hydrogen) atoms. The van der Waals surface area contributed by atoms with Gasteiger partial charge in [0.25, 0.3) is 0 Å². The molecule has 0 fully saturated rings. The molecule has 2 heterocycles. The van der Waals surface area contributed by atoms with Gasteiger partial charge < -0.3 is 19.3 Å². The molecule has 0 amide bonds. The molecule has 7 aromatic rings. The van der Waals surface area contributed by atoms with Gasteiger partial charge in [-0.15, -0.1) is 11.3 Å². The van der Waals surface area contributed by atoms with Gasteiger partial charge in [0.2, 0.25) is 0 Å². The Kier molecular flexibility index (Phi) is 9.87. The van der Waals surface area contributed by atoms with Crippen molar-refractivity contribution >= 4 is 50.6 Å². The number of aromatic nitrogens is 1. The maximum absolute atomic E-state index is 12.5. The summed E-state index contributed by atoms with van der Waals surface area (Å²) in [6.07, 6.45) is 4.77. The average molecular weight is 696 g/mol. The Balaban J connectivity index is 1.30. The van der Waals surface area contributed by atoms with Crippen molar-refractivity contribution in [1.82, 2.24) is 4.98 Å². The third-order valence-electron chi connectivity index (χ3n) is 7.96. The Bertz CT molecular complexity index is 2250. The zero-order valence-electron chi connectivity index (χ0n) is 26.7. The van der Waals surface area contributed by atoms with Crippen LogP contribution in [-0.4, -0.2) is 16.1 Å². The van der Waals surface area contributed by atoms with Gasteiger partial charge >= 0.3 is 5.97 Å². The van der Waals surface area contributed by atoms with Crippen LogP contribution >= 0.6 is 22.9 Å². The zero-order valence-corrected chi connectivity index (χ0v) is 28.2. The first-order chi connectivity index (χ1) is 24.5. The highest BCUT2D eigenvalue weighted by atomic mass is 35.5. The van der Waals surface area contributed by atoms with Crippen LogP contribution in [0.1, 0.15) is 21.6 Å². The summed E-state index contributed by atoms with van der Waals surface area (Å²) >= 11 is 7.57. The molecule has 246 valence electrons. The van der Waals surface area contributed by atoms with Gasteiger partial charge in [-0.2, -0.15) is 0 Å². The van der Waals surface area contributed by atoms with Crippen molar-refractivity contribution in [1.29, 1.82) is 0 Å². The van der Waals surface area contributed by atoms with E-state index in [-0.39, 0.29) is 5.57 Å². The molecule has 2 aromatic heterocycles. The van der Waals surface area contributed by atoms with Crippen LogP contribution in [0.5, 0.6) is 23.0 Å². The highest BCUT2D eigenvalue weighted by Crippen LogP contribution is 2.47. The topological polar surface area (TPSA) is 77.9 Å². The lowest BCUT2D eigenvalue weighted by Gasteiger charge is -2.14. The number of carboxylic acids is 1. The number of hydrogen-bond donors (Lipinski definition) is 1. The number of carbonyl (C=O) groups is 1. The molecule has 6 nitrogen and oxygen atoms in total. The molecular formula is C42H30ClNO5S. The molecule has 0 unspecified atom stereocenters. The molecule has 0 saturated heterocycles. The van der Waals surface area contributed by atoms with Crippen molar-refractivity contribution in [2.45, 2.75) is 13.2 Å². The Morgan fingerprint density at radius 3 is 1.98 bits per heavy atom. The van der Waals surface area contributed by atoms with Crippen LogP contribution in [0.2, 0.25) is 5.02 Å². The number of benzene rings is 5. The summed E-state index contributed by atoms with van der Waals surface area (Å²) in [5.41, 5.74) is 4.91. The number of fused-ring (bicyclic) bond motifs is 1. The Hall–Kier alpha value is -5.89. The van der Waals surface area contributed by atoms with E-state index >= 15 is 0 Å². The number of rotatable bonds is 12. The van der Waals surface area contributed by atoms with Crippen molar-refractivity contribution in [3.63, 3.8) is 0 Å². The molecule has 0 aliphatic rings. The largest absolute Gasteiger partial charge is 0.485 e. The summed E-state index contributed by atoms with van der Waals surface area (Å²) < 4.78 is 20.2. The molecule has 0 spiro atoms. The number of carboxylic acid groups (broad SMARTS) is 1. The van der Waals surface area contributed by atoms with Crippen molar-refractivity contribution < 1.29 is 24.1 Å². The second-order valence-corrected chi connectivity index (χ2v) is 12.9. The molecule has 8 heteroatoms. The minimum atomic E-state index is -1.07. The Morgan fingerprint density at radius 2 is 1.32 bits per heavy atom. The maximum atomic E-state index is 12.5. The van der Waals surface area contributed by atoms with E-state index in [1.165, 1.54) is 11.3 Å². The molecule has 7 rings (SSSR count). The minimum absolute atomic E-state index is 0.107. The molecule has 0 bridgehead atoms. The third kappa shape index (κ3) is 7.70. The van der Waals surface area contributed by atoms with Gasteiger partial charge in [-0.3, -0.25) is 4.98 Å². The maximum Gasteiger partial charge on any atom is 0.336 e. The van der Waals surface area contributed by atoms with E-state index in [2.05, 4.69) is 41.4 Å². The van der Waals surface area contributed by atoms with E-state index in [0.717, 1.165) is 32.3 Å². The van der Waals surface area contributed by atoms with E-state index in [9.17, 15) is 9.90 Å². The molecule has 0 radical (unpaired) electrons. The Morgan fingerprint density at radius 1 is 0.720 bits per heavy atom. The molecule has 1 N–H and O–H groups in total. The molecular weight excluding hydrogens is 666 g/mol. The normalized spacial score (nSPS) is 11.3. The molecule has 5 aromatic carbocycles. The Labute approximate surface area is 298 Å². The SMILES string of the molecule is O=C(O)/C(=C/c1sc2cc(OCc3ccccc3)c(OCc3ccc(-c4ccccc4)cc3)cc2c1Oc1ccc(Cl)cc1)c1ccncc1. The van der Waals surface area contributed by atoms with Gasteiger partial charge in [-0.25, -0.2) is 4.79 Å². The molecule has 0 atom stereocenters. The lowest BCUT2D eigenvalue weighted by atomic mass is 10.0. The summed E-state index contributed by atoms with van der Waals surface area (Å²) in [4.78, 5) is 17.2. The number of ether oxygens (including phenoxy) is 3. The second kappa shape index (κ2) is 15.1. The number of pyridine rings is 1. The van der Waals surface area contributed by atoms with Gasteiger partial charge in [0.15, 0.2) is 17.2 Å². The first kappa shape index (κ1) is 32.6. The average Bonchev–Trinajstić information content (AvgIpc) is 3.49. The first-order valence-corrected chi connectivity index (χ1v) is 17.0. The quantitative estimate of drug-likeness (QED) is 0.128. The number of hydrogen-bond acceptors (Lipinski definition) is 6. The summed E-state index contributed by atoms with van der Waals surface area (Å²) in [6.45, 7) is 0.643. The van der Waals surface area contributed by atoms with E-state index < -0.39 is 5.97 Å². The molecule has 0 aliphatic carbocycles. The number of halogens is 1. The van der Waals surface area contributed by atoms with Gasteiger partial charge in [-0.05, 0) is 76.4 Å². The highest BCUT2D eigenvalue weighted by Gasteiger charge is 2.21. The van der Waals surface area contributed by atoms with Crippen molar-refractivity contribution in [3.05, 3.63) is 172 Å². The van der Waals surface area contributed by atoms with Crippen molar-refractivity contribution in [2.24, 2.45) is 0 Å². The van der Waals surface area contributed by atoms with E-state index in [1.807, 2.05) is 60.7 Å². The zero-order chi connectivity index (χ0) is 34.3. The minimum Gasteiger partial charge on any atom is -0.485 e. The first-order valence-electron chi connectivity index (χ1n) is 15.8. The number of thiophene rings is 1. The fraction of sp³-hybridized carbons (Fsp3) is 0.0476. The lowest BCUT2D eigenvalue weighted by Crippen LogP contribution is -2.01. The molecule has 0 saturated carbocycles. The highest BCUT2D eigenvalue weighted by molar-refractivity contribution is 7.20. The van der Waals surface area contributed by atoms with Gasteiger partial charge in [0.1, 0.15) is 19.0 Å². The van der Waals surface area contributed by atoms with E-state index in [1.54, 1.807) is 54.9 Å². The van der Waals surface area contributed by atoms with Crippen LogP contribution in [0, 0.1) is 0 Å². The van der Waals surface area contributed by atoms with Gasteiger partial charge in [0.05, 0.1) is 10.5 Å². The standard InChI is InChI=1S/C42H30ClNO5S/c43-33-15-17-34(18-16-33)49-41-36-23-37(47-27-29-11-13-31(14-12-29)30-9-5-2-6-10-30)38(48-26-28-7-3-1-4-8-28)25-39(36)50-40(41)24-35(42(45)46)32-19-21-44-22-20-32/h1-25H,26-27H2,(H,45,46)/b35-24+. The van der Waals surface area contributed by atoms with Crippen LogP contribution in [0.3, 0.4) is 0 Å².